The van der Waals surface area contributed by atoms with Crippen LogP contribution in [0.1, 0.15) is 81.5 Å². The van der Waals surface area contributed by atoms with Crippen LogP contribution in [0.3, 0.4) is 0 Å². The van der Waals surface area contributed by atoms with Crippen molar-refractivity contribution < 1.29 is 19.4 Å². The van der Waals surface area contributed by atoms with Gasteiger partial charge < -0.3 is 19.6 Å². The summed E-state index contributed by atoms with van der Waals surface area (Å²) in [5.74, 6) is 0.586. The Morgan fingerprint density at radius 2 is 1.65 bits per heavy atom. The zero-order chi connectivity index (χ0) is 26.4. The van der Waals surface area contributed by atoms with Crippen LogP contribution >= 0.6 is 0 Å². The number of carbonyl (C=O) groups is 2. The molecule has 6 nitrogen and oxygen atoms in total. The Kier molecular flexibility index (Phi) is 8.78. The molecule has 0 bridgehead atoms. The smallest absolute Gasteiger partial charge is 0.410 e. The first-order chi connectivity index (χ1) is 17.7. The maximum absolute atomic E-state index is 12.8. The van der Waals surface area contributed by atoms with Crippen molar-refractivity contribution >= 4 is 17.7 Å². The van der Waals surface area contributed by atoms with Gasteiger partial charge in [0, 0.05) is 26.1 Å². The van der Waals surface area contributed by atoms with Crippen LogP contribution in [0, 0.1) is 0 Å². The van der Waals surface area contributed by atoms with Crippen molar-refractivity contribution in [3.05, 3.63) is 58.7 Å². The van der Waals surface area contributed by atoms with Crippen LogP contribution in [0.25, 0.3) is 0 Å². The Bertz CT molecular complexity index is 1100. The predicted molar refractivity (Wildman–Crippen MR) is 147 cm³/mol. The molecule has 0 fully saturated rings. The second-order valence-corrected chi connectivity index (χ2v) is 11.4. The molecule has 0 saturated carbocycles. The minimum absolute atomic E-state index is 0.260. The normalized spacial score (nSPS) is 14.6. The molecule has 2 aromatic rings. The number of ether oxygens (including phenoxy) is 1. The summed E-state index contributed by atoms with van der Waals surface area (Å²) >= 11 is 0. The molecule has 0 spiro atoms. The molecule has 0 aliphatic carbocycles. The maximum Gasteiger partial charge on any atom is 0.410 e. The lowest BCUT2D eigenvalue weighted by atomic mass is 9.94. The topological polar surface area (TPSA) is 70.1 Å². The molecule has 0 saturated heterocycles. The Hall–Kier alpha value is -3.02. The van der Waals surface area contributed by atoms with Crippen molar-refractivity contribution in [2.45, 2.75) is 90.6 Å². The van der Waals surface area contributed by atoms with Crippen molar-refractivity contribution in [1.29, 1.82) is 0 Å². The van der Waals surface area contributed by atoms with Gasteiger partial charge in [-0.15, -0.1) is 0 Å². The van der Waals surface area contributed by atoms with E-state index in [1.54, 1.807) is 6.07 Å². The molecule has 0 aromatic heterocycles. The van der Waals surface area contributed by atoms with E-state index >= 15 is 0 Å². The van der Waals surface area contributed by atoms with Crippen molar-refractivity contribution in [3.8, 4) is 5.75 Å². The van der Waals surface area contributed by atoms with Gasteiger partial charge in [-0.2, -0.15) is 0 Å². The minimum atomic E-state index is -0.521. The van der Waals surface area contributed by atoms with Crippen LogP contribution < -0.4 is 4.90 Å². The summed E-state index contributed by atoms with van der Waals surface area (Å²) < 4.78 is 5.65. The summed E-state index contributed by atoms with van der Waals surface area (Å²) in [4.78, 5) is 28.8. The molecule has 6 heteroatoms. The number of phenols is 1. The summed E-state index contributed by atoms with van der Waals surface area (Å²) in [6.45, 7) is 7.82. The molecule has 200 valence electrons. The molecule has 0 radical (unpaired) electrons. The number of amides is 2. The highest BCUT2D eigenvalue weighted by molar-refractivity contribution is 5.98. The van der Waals surface area contributed by atoms with Gasteiger partial charge in [-0.1, -0.05) is 43.2 Å². The molecular weight excluding hydrogens is 464 g/mol. The number of aryl methyl sites for hydroxylation is 3. The van der Waals surface area contributed by atoms with Gasteiger partial charge in [0.15, 0.2) is 0 Å². The Balaban J connectivity index is 1.22. The van der Waals surface area contributed by atoms with Crippen LogP contribution in [0.4, 0.5) is 10.5 Å². The van der Waals surface area contributed by atoms with E-state index in [-0.39, 0.29) is 12.0 Å². The lowest BCUT2D eigenvalue weighted by Gasteiger charge is -2.27. The third-order valence-electron chi connectivity index (χ3n) is 7.27. The monoisotopic (exact) mass is 506 g/mol. The second kappa shape index (κ2) is 12.0. The first kappa shape index (κ1) is 27.0. The minimum Gasteiger partial charge on any atom is -0.508 e. The number of para-hydroxylation sites is 1. The number of hydrogen-bond donors (Lipinski definition) is 1. The molecule has 1 N–H and O–H groups in total. The van der Waals surface area contributed by atoms with Crippen molar-refractivity contribution in [3.63, 3.8) is 0 Å². The number of aromatic hydroxyl groups is 1. The lowest BCUT2D eigenvalue weighted by molar-refractivity contribution is -0.118. The van der Waals surface area contributed by atoms with E-state index < -0.39 is 5.60 Å². The quantitative estimate of drug-likeness (QED) is 0.368. The van der Waals surface area contributed by atoms with E-state index in [1.165, 1.54) is 22.4 Å². The molecule has 37 heavy (non-hydrogen) atoms. The first-order valence-electron chi connectivity index (χ1n) is 13.9. The zero-order valence-electron chi connectivity index (χ0n) is 22.7. The molecule has 2 aliphatic rings. The number of anilines is 1. The van der Waals surface area contributed by atoms with Crippen LogP contribution in [-0.2, 0) is 35.2 Å². The van der Waals surface area contributed by atoms with E-state index in [1.807, 2.05) is 48.8 Å². The fourth-order valence-corrected chi connectivity index (χ4v) is 5.46. The molecule has 4 rings (SSSR count). The van der Waals surface area contributed by atoms with Crippen molar-refractivity contribution in [2.75, 3.05) is 24.5 Å². The Morgan fingerprint density at radius 1 is 0.946 bits per heavy atom. The number of rotatable bonds is 11. The number of nitrogens with zero attached hydrogens (tertiary/aromatic N) is 2. The van der Waals surface area contributed by atoms with Crippen LogP contribution in [0.5, 0.6) is 5.75 Å². The number of carbonyl (C=O) groups excluding carboxylic acids is 2. The lowest BCUT2D eigenvalue weighted by Crippen LogP contribution is -2.38. The van der Waals surface area contributed by atoms with Crippen LogP contribution in [-0.4, -0.2) is 47.2 Å². The molecule has 2 aliphatic heterocycles. The average molecular weight is 507 g/mol. The Morgan fingerprint density at radius 3 is 2.41 bits per heavy atom. The molecule has 2 aromatic carbocycles. The molecule has 2 heterocycles. The number of unbranched alkanes of at least 4 members (excludes halogenated alkanes) is 3. The van der Waals surface area contributed by atoms with Gasteiger partial charge in [-0.05, 0) is 94.0 Å². The summed E-state index contributed by atoms with van der Waals surface area (Å²) in [6, 6.07) is 12.0. The fraction of sp³-hybridized carbons (Fsp3) is 0.548. The highest BCUT2D eigenvalue weighted by Gasteiger charge is 2.31. The number of hydrogen-bond acceptors (Lipinski definition) is 4. The van der Waals surface area contributed by atoms with Crippen molar-refractivity contribution in [2.24, 2.45) is 0 Å². The van der Waals surface area contributed by atoms with Crippen molar-refractivity contribution in [1.82, 2.24) is 4.90 Å². The predicted octanol–water partition coefficient (Wildman–Crippen LogP) is 6.20. The summed E-state index contributed by atoms with van der Waals surface area (Å²) in [6.07, 6.45) is 9.05. The standard InChI is InChI=1S/C31H42N2O4/c1-31(2,3)37-30(36)32(19-10-13-24-12-7-8-14-27(24)34)18-9-5-4-6-11-23-21-25-15-16-28(35)33-20-17-26(22-23)29(25)33/h7-8,12,14,21-22,34H,4-6,9-11,13,15-20H2,1-3H3. The highest BCUT2D eigenvalue weighted by Crippen LogP contribution is 2.37. The summed E-state index contributed by atoms with van der Waals surface area (Å²) in [5, 5.41) is 10.0. The zero-order valence-corrected chi connectivity index (χ0v) is 22.7. The van der Waals surface area contributed by atoms with Gasteiger partial charge in [0.1, 0.15) is 11.4 Å². The third kappa shape index (κ3) is 7.27. The number of benzene rings is 2. The van der Waals surface area contributed by atoms with Crippen LogP contribution in [0.2, 0.25) is 0 Å². The molecular formula is C31H42N2O4. The fourth-order valence-electron chi connectivity index (χ4n) is 5.46. The first-order valence-corrected chi connectivity index (χ1v) is 13.9. The van der Waals surface area contributed by atoms with Gasteiger partial charge in [0.05, 0.1) is 5.69 Å². The second-order valence-electron chi connectivity index (χ2n) is 11.4. The average Bonchev–Trinajstić information content (AvgIpc) is 3.27. The third-order valence-corrected chi connectivity index (χ3v) is 7.27. The Labute approximate surface area is 221 Å². The van der Waals surface area contributed by atoms with E-state index in [0.29, 0.717) is 25.3 Å². The van der Waals surface area contributed by atoms with Gasteiger partial charge in [0.2, 0.25) is 5.91 Å². The van der Waals surface area contributed by atoms with Gasteiger partial charge in [-0.25, -0.2) is 4.79 Å². The largest absolute Gasteiger partial charge is 0.508 e. The summed E-state index contributed by atoms with van der Waals surface area (Å²) in [5.41, 5.74) is 5.67. The van der Waals surface area contributed by atoms with Gasteiger partial charge >= 0.3 is 6.09 Å². The van der Waals surface area contributed by atoms with E-state index in [9.17, 15) is 14.7 Å². The van der Waals surface area contributed by atoms with E-state index in [0.717, 1.165) is 69.9 Å². The van der Waals surface area contributed by atoms with E-state index in [4.69, 9.17) is 4.74 Å². The van der Waals surface area contributed by atoms with Crippen LogP contribution in [0.15, 0.2) is 36.4 Å². The SMILES string of the molecule is CC(C)(C)OC(=O)N(CCCCCCc1cc2c3c(c1)CCN3C(=O)CC2)CCCc1ccccc1O. The van der Waals surface area contributed by atoms with E-state index in [2.05, 4.69) is 12.1 Å². The molecule has 2 amide bonds. The number of phenolic OH excluding ortho intramolecular Hbond substituents is 1. The van der Waals surface area contributed by atoms with Gasteiger partial charge in [-0.3, -0.25) is 4.79 Å². The molecule has 0 atom stereocenters. The summed E-state index contributed by atoms with van der Waals surface area (Å²) in [7, 11) is 0. The van der Waals surface area contributed by atoms with Gasteiger partial charge in [0.25, 0.3) is 0 Å². The molecule has 0 unspecified atom stereocenters. The highest BCUT2D eigenvalue weighted by atomic mass is 16.6. The maximum atomic E-state index is 12.8.